The van der Waals surface area contributed by atoms with Gasteiger partial charge >= 0.3 is 0 Å². The lowest BCUT2D eigenvalue weighted by atomic mass is 9.76. The Balaban J connectivity index is 1.03. The van der Waals surface area contributed by atoms with Gasteiger partial charge in [-0.25, -0.2) is 4.98 Å². The van der Waals surface area contributed by atoms with Crippen molar-refractivity contribution in [2.45, 2.75) is 86.0 Å². The van der Waals surface area contributed by atoms with Crippen molar-refractivity contribution in [3.8, 4) is 62.1 Å². The van der Waals surface area contributed by atoms with Crippen LogP contribution < -0.4 is 9.30 Å². The van der Waals surface area contributed by atoms with Crippen molar-refractivity contribution in [3.63, 3.8) is 0 Å². The lowest BCUT2D eigenvalue weighted by Crippen LogP contribution is -2.31. The summed E-state index contributed by atoms with van der Waals surface area (Å²) in [7, 11) is 0. The third-order valence-corrected chi connectivity index (χ3v) is 14.8. The number of para-hydroxylation sites is 4. The van der Waals surface area contributed by atoms with Crippen LogP contribution in [0.4, 0.5) is 0 Å². The fourth-order valence-electron chi connectivity index (χ4n) is 10.3. The second-order valence-corrected chi connectivity index (χ2v) is 22.8. The zero-order chi connectivity index (χ0) is 50.8. The molecule has 0 aliphatic heterocycles. The monoisotopic (exact) mass is 953 g/mol. The van der Waals surface area contributed by atoms with Gasteiger partial charge in [0.15, 0.2) is 0 Å². The third-order valence-electron chi connectivity index (χ3n) is 14.8. The van der Waals surface area contributed by atoms with Gasteiger partial charge in [0, 0.05) is 28.6 Å². The van der Waals surface area contributed by atoms with Crippen molar-refractivity contribution in [2.75, 3.05) is 0 Å². The first-order valence-corrected chi connectivity index (χ1v) is 25.7. The summed E-state index contributed by atoms with van der Waals surface area (Å²) in [5, 5.41) is 2.31. The number of hydrogen-bond donors (Lipinski definition) is 0. The smallest absolute Gasteiger partial charge is 0.269 e. The number of benzene rings is 8. The van der Waals surface area contributed by atoms with E-state index in [0.717, 1.165) is 78.4 Å². The first-order valence-electron chi connectivity index (χ1n) is 25.7. The quantitative estimate of drug-likeness (QED) is 0.107. The number of pyridine rings is 1. The largest absolute Gasteiger partial charge is 0.458 e. The standard InChI is InChI=1S/C68H64N4O/c1-45(66(2,3)4)58-42-64(69-43-59(58)47-25-15-12-16-26-47)72-60-32-18-17-29-56(60)57-36-35-53(41-63(57)72)73-52-28-21-27-51(40-52)70-44-71(62-34-20-19-33-61(62)70)65-54(46-23-13-11-14-24-46)30-22-31-55(65)48-37-49(67(5,6)7)39-50(38-48)68(8,9)10/h11-43,45H,1-10H3. The number of imidazole rings is 1. The van der Waals surface area contributed by atoms with Crippen molar-refractivity contribution in [3.05, 3.63) is 223 Å². The first-order chi connectivity index (χ1) is 35.0. The molecule has 362 valence electrons. The molecule has 0 amide bonds. The molecular formula is C68H64N4O. The molecule has 0 aliphatic carbocycles. The molecule has 8 aromatic carbocycles. The van der Waals surface area contributed by atoms with E-state index in [9.17, 15) is 0 Å². The molecule has 0 N–H and O–H groups in total. The van der Waals surface area contributed by atoms with Crippen LogP contribution in [0.5, 0.6) is 11.5 Å². The Labute approximate surface area is 431 Å². The van der Waals surface area contributed by atoms with Crippen molar-refractivity contribution in [1.29, 1.82) is 0 Å². The molecule has 3 heterocycles. The van der Waals surface area contributed by atoms with Gasteiger partial charge in [-0.1, -0.05) is 215 Å². The first kappa shape index (κ1) is 47.3. The van der Waals surface area contributed by atoms with E-state index in [1.54, 1.807) is 0 Å². The molecule has 11 rings (SSSR count). The van der Waals surface area contributed by atoms with Crippen LogP contribution in [0.2, 0.25) is 0 Å². The van der Waals surface area contributed by atoms with E-state index in [1.807, 2.05) is 6.07 Å². The van der Waals surface area contributed by atoms with E-state index in [1.165, 1.54) is 33.2 Å². The van der Waals surface area contributed by atoms with Gasteiger partial charge in [-0.15, -0.1) is 0 Å². The van der Waals surface area contributed by atoms with E-state index < -0.39 is 0 Å². The van der Waals surface area contributed by atoms with Crippen molar-refractivity contribution in [1.82, 2.24) is 14.1 Å². The minimum atomic E-state index is -0.0408. The maximum atomic E-state index is 6.89. The Morgan fingerprint density at radius 3 is 1.74 bits per heavy atom. The van der Waals surface area contributed by atoms with Crippen LogP contribution in [-0.2, 0) is 10.8 Å². The van der Waals surface area contributed by atoms with E-state index in [0.29, 0.717) is 0 Å². The molecule has 0 aliphatic rings. The summed E-state index contributed by atoms with van der Waals surface area (Å²) in [4.78, 5) is 5.22. The Bertz CT molecular complexity index is 3810. The summed E-state index contributed by atoms with van der Waals surface area (Å²) >= 11 is 0. The molecule has 11 aromatic rings. The summed E-state index contributed by atoms with van der Waals surface area (Å²) in [6.45, 7) is 23.1. The maximum absolute atomic E-state index is 6.89. The van der Waals surface area contributed by atoms with Crippen LogP contribution in [0.15, 0.2) is 200 Å². The van der Waals surface area contributed by atoms with Gasteiger partial charge in [0.05, 0.1) is 33.4 Å². The second-order valence-electron chi connectivity index (χ2n) is 22.8. The summed E-state index contributed by atoms with van der Waals surface area (Å²) < 4.78 is 13.6. The Morgan fingerprint density at radius 1 is 0.493 bits per heavy atom. The molecule has 3 aromatic heterocycles. The minimum absolute atomic E-state index is 0.0359. The lowest BCUT2D eigenvalue weighted by molar-refractivity contribution is -0.571. The van der Waals surface area contributed by atoms with Crippen LogP contribution in [0, 0.1) is 11.7 Å². The van der Waals surface area contributed by atoms with Crippen LogP contribution in [0.3, 0.4) is 0 Å². The Hall–Kier alpha value is -8.02. The van der Waals surface area contributed by atoms with Crippen molar-refractivity contribution >= 4 is 32.8 Å². The molecule has 5 heteroatoms. The highest BCUT2D eigenvalue weighted by molar-refractivity contribution is 6.09. The second kappa shape index (κ2) is 18.2. The molecular weight excluding hydrogens is 889 g/mol. The highest BCUT2D eigenvalue weighted by Gasteiger charge is 2.28. The van der Waals surface area contributed by atoms with Gasteiger partial charge in [-0.2, -0.15) is 0 Å². The number of aromatic nitrogens is 4. The Kier molecular flexibility index (Phi) is 11.8. The summed E-state index contributed by atoms with van der Waals surface area (Å²) in [6.07, 6.45) is 5.96. The van der Waals surface area contributed by atoms with E-state index in [-0.39, 0.29) is 22.2 Å². The highest BCUT2D eigenvalue weighted by atomic mass is 16.5. The Morgan fingerprint density at radius 2 is 1.07 bits per heavy atom. The van der Waals surface area contributed by atoms with E-state index in [2.05, 4.69) is 284 Å². The average molecular weight is 953 g/mol. The molecule has 0 fully saturated rings. The molecule has 0 spiro atoms. The molecule has 73 heavy (non-hydrogen) atoms. The highest BCUT2D eigenvalue weighted by Crippen LogP contribution is 2.43. The zero-order valence-electron chi connectivity index (χ0n) is 43.8. The fraction of sp³-hybridized carbons (Fsp3) is 0.206. The van der Waals surface area contributed by atoms with Crippen LogP contribution in [0.25, 0.3) is 83.4 Å². The minimum Gasteiger partial charge on any atom is -0.458 e. The third kappa shape index (κ3) is 8.92. The molecule has 0 bridgehead atoms. The molecule has 0 saturated carbocycles. The molecule has 1 unspecified atom stereocenters. The summed E-state index contributed by atoms with van der Waals surface area (Å²) in [5.41, 5.74) is 17.0. The van der Waals surface area contributed by atoms with Crippen molar-refractivity contribution in [2.24, 2.45) is 5.41 Å². The van der Waals surface area contributed by atoms with Gasteiger partial charge in [0.1, 0.15) is 17.3 Å². The normalized spacial score (nSPS) is 12.7. The molecule has 5 nitrogen and oxygen atoms in total. The predicted octanol–water partition coefficient (Wildman–Crippen LogP) is 17.7. The SMILES string of the molecule is CC(c1cc(-n2c3ccccc3c3ccc(Oc4cccc(-n5[c-][n+](-c6c(-c7ccccc7)cccc6-c6cc(C(C)(C)C)cc(C(C)(C)C)c6)c6ccccc65)c4)cc32)ncc1-c1ccccc1)C(C)(C)C. The van der Waals surface area contributed by atoms with E-state index >= 15 is 0 Å². The number of rotatable bonds is 9. The van der Waals surface area contributed by atoms with Crippen molar-refractivity contribution < 1.29 is 9.30 Å². The van der Waals surface area contributed by atoms with Crippen LogP contribution in [0.1, 0.15) is 91.8 Å². The average Bonchev–Trinajstić information content (AvgIpc) is 3.94. The van der Waals surface area contributed by atoms with Gasteiger partial charge in [-0.3, -0.25) is 13.7 Å². The predicted molar refractivity (Wildman–Crippen MR) is 304 cm³/mol. The summed E-state index contributed by atoms with van der Waals surface area (Å²) in [5.74, 6) is 2.61. The van der Waals surface area contributed by atoms with Crippen LogP contribution in [-0.4, -0.2) is 14.1 Å². The van der Waals surface area contributed by atoms with Crippen LogP contribution >= 0.6 is 0 Å². The zero-order valence-corrected chi connectivity index (χ0v) is 43.8. The van der Waals surface area contributed by atoms with Gasteiger partial charge in [0.2, 0.25) is 0 Å². The van der Waals surface area contributed by atoms with Gasteiger partial charge in [0.25, 0.3) is 6.33 Å². The topological polar surface area (TPSA) is 35.9 Å². The molecule has 1 atom stereocenters. The number of fused-ring (bicyclic) bond motifs is 4. The number of nitrogens with zero attached hydrogens (tertiary/aromatic N) is 4. The molecule has 0 radical (unpaired) electrons. The van der Waals surface area contributed by atoms with Gasteiger partial charge in [-0.05, 0) is 109 Å². The summed E-state index contributed by atoms with van der Waals surface area (Å²) in [6, 6.07) is 69.6. The molecule has 0 saturated heterocycles. The fourth-order valence-corrected chi connectivity index (χ4v) is 10.3. The number of hydrogen-bond acceptors (Lipinski definition) is 2. The van der Waals surface area contributed by atoms with E-state index in [4.69, 9.17) is 9.72 Å². The van der Waals surface area contributed by atoms with Gasteiger partial charge < -0.3 is 4.74 Å². The number of ether oxygens (including phenoxy) is 1. The maximum Gasteiger partial charge on any atom is 0.269 e. The lowest BCUT2D eigenvalue weighted by Gasteiger charge is -2.30.